The number of guanidine groups is 1. The summed E-state index contributed by atoms with van der Waals surface area (Å²) in [6, 6.07) is 12.7. The monoisotopic (exact) mass is 525 g/mol. The van der Waals surface area contributed by atoms with Crippen LogP contribution in [-0.4, -0.2) is 43.5 Å². The van der Waals surface area contributed by atoms with Crippen LogP contribution in [0.25, 0.3) is 11.5 Å². The van der Waals surface area contributed by atoms with Gasteiger partial charge in [0.25, 0.3) is 0 Å². The summed E-state index contributed by atoms with van der Waals surface area (Å²) in [5, 5.41) is 8.81. The normalized spacial score (nSPS) is 12.5. The van der Waals surface area contributed by atoms with Crippen LogP contribution in [0.1, 0.15) is 22.2 Å². The average Bonchev–Trinajstić information content (AvgIpc) is 3.37. The fourth-order valence-electron chi connectivity index (χ4n) is 2.82. The predicted molar refractivity (Wildman–Crippen MR) is 131 cm³/mol. The van der Waals surface area contributed by atoms with E-state index in [0.29, 0.717) is 18.5 Å². The second kappa shape index (κ2) is 11.3. The Bertz CT molecular complexity index is 890. The second-order valence-corrected chi connectivity index (χ2v) is 7.79. The van der Waals surface area contributed by atoms with Gasteiger partial charge in [-0.05, 0) is 44.6 Å². The van der Waals surface area contributed by atoms with Crippen molar-refractivity contribution in [2.45, 2.75) is 19.5 Å². The van der Waals surface area contributed by atoms with E-state index in [9.17, 15) is 0 Å². The third-order valence-electron chi connectivity index (χ3n) is 4.47. The van der Waals surface area contributed by atoms with Gasteiger partial charge in [0.2, 0.25) is 5.89 Å². The second-order valence-electron chi connectivity index (χ2n) is 6.81. The topological polar surface area (TPSA) is 65.7 Å². The van der Waals surface area contributed by atoms with Crippen molar-refractivity contribution in [3.63, 3.8) is 0 Å². The van der Waals surface area contributed by atoms with Gasteiger partial charge in [0.15, 0.2) is 5.96 Å². The maximum Gasteiger partial charge on any atom is 0.226 e. The average molecular weight is 525 g/mol. The van der Waals surface area contributed by atoms with Crippen molar-refractivity contribution >= 4 is 41.3 Å². The maximum absolute atomic E-state index is 5.62. The number of nitrogens with one attached hydrogen (secondary N) is 2. The number of rotatable bonds is 7. The van der Waals surface area contributed by atoms with Crippen LogP contribution in [0, 0.1) is 6.92 Å². The Hall–Kier alpha value is -1.91. The third-order valence-corrected chi connectivity index (χ3v) is 5.44. The molecule has 3 aromatic rings. The lowest BCUT2D eigenvalue weighted by molar-refractivity contribution is 0.302. The van der Waals surface area contributed by atoms with Crippen LogP contribution in [-0.2, 0) is 6.54 Å². The summed E-state index contributed by atoms with van der Waals surface area (Å²) in [6.07, 6.45) is 1.68. The van der Waals surface area contributed by atoms with Gasteiger partial charge in [-0.25, -0.2) is 4.98 Å². The van der Waals surface area contributed by atoms with Crippen LogP contribution >= 0.6 is 35.3 Å². The molecule has 2 N–H and O–H groups in total. The van der Waals surface area contributed by atoms with Gasteiger partial charge in [-0.1, -0.05) is 23.8 Å². The molecule has 29 heavy (non-hydrogen) atoms. The molecule has 0 bridgehead atoms. The molecule has 0 amide bonds. The van der Waals surface area contributed by atoms with Gasteiger partial charge in [-0.15, -0.1) is 35.3 Å². The van der Waals surface area contributed by atoms with Crippen molar-refractivity contribution in [3.8, 4) is 11.5 Å². The van der Waals surface area contributed by atoms with Gasteiger partial charge in [0, 0.05) is 24.0 Å². The van der Waals surface area contributed by atoms with E-state index >= 15 is 0 Å². The first-order valence-corrected chi connectivity index (χ1v) is 10.1. The molecule has 0 saturated heterocycles. The molecule has 0 spiro atoms. The van der Waals surface area contributed by atoms with Crippen molar-refractivity contribution < 1.29 is 4.42 Å². The van der Waals surface area contributed by atoms with Crippen LogP contribution in [0.2, 0.25) is 0 Å². The lowest BCUT2D eigenvalue weighted by Gasteiger charge is -2.24. The largest absolute Gasteiger partial charge is 0.444 e. The molecule has 0 aliphatic carbocycles. The van der Waals surface area contributed by atoms with Gasteiger partial charge in [-0.2, -0.15) is 0 Å². The van der Waals surface area contributed by atoms with Crippen LogP contribution in [0.15, 0.2) is 57.5 Å². The van der Waals surface area contributed by atoms with Gasteiger partial charge in [-0.3, -0.25) is 4.99 Å². The number of thiophene rings is 1. The number of hydrogen-bond donors (Lipinski definition) is 2. The molecule has 1 atom stereocenters. The number of aryl methyl sites for hydroxylation is 1. The Morgan fingerprint density at radius 3 is 2.59 bits per heavy atom. The minimum absolute atomic E-state index is 0. The van der Waals surface area contributed by atoms with E-state index in [2.05, 4.69) is 76.2 Å². The van der Waals surface area contributed by atoms with Gasteiger partial charge in [0.1, 0.15) is 6.26 Å². The molecule has 3 rings (SSSR count). The number of likely N-dealkylation sites (N-methyl/N-ethyl adjacent to an activating group) is 1. The van der Waals surface area contributed by atoms with E-state index in [1.54, 1.807) is 24.6 Å². The van der Waals surface area contributed by atoms with Crippen LogP contribution < -0.4 is 10.6 Å². The minimum Gasteiger partial charge on any atom is -0.444 e. The summed E-state index contributed by atoms with van der Waals surface area (Å²) in [6.45, 7) is 3.37. The highest BCUT2D eigenvalue weighted by atomic mass is 127. The Morgan fingerprint density at radius 2 is 1.97 bits per heavy atom. The predicted octanol–water partition coefficient (Wildman–Crippen LogP) is 4.30. The number of benzene rings is 1. The van der Waals surface area contributed by atoms with Crippen LogP contribution in [0.3, 0.4) is 0 Å². The number of oxazole rings is 1. The SMILES string of the molecule is CN=C(NCc1coc(-c2ccc(C)cc2)n1)NCC(c1cccs1)N(C)C.I. The fraction of sp³-hybridized carbons (Fsp3) is 0.333. The van der Waals surface area contributed by atoms with Gasteiger partial charge in [0.05, 0.1) is 18.3 Å². The van der Waals surface area contributed by atoms with E-state index in [0.717, 1.165) is 23.8 Å². The molecule has 6 nitrogen and oxygen atoms in total. The quantitative estimate of drug-likeness (QED) is 0.274. The number of aliphatic imine (C=N–C) groups is 1. The Kier molecular flexibility index (Phi) is 9.12. The number of hydrogen-bond acceptors (Lipinski definition) is 5. The first-order valence-electron chi connectivity index (χ1n) is 9.22. The molecule has 1 unspecified atom stereocenters. The van der Waals surface area contributed by atoms with E-state index in [-0.39, 0.29) is 24.0 Å². The summed E-state index contributed by atoms with van der Waals surface area (Å²) in [5.41, 5.74) is 3.02. The van der Waals surface area contributed by atoms with Crippen molar-refractivity contribution in [1.29, 1.82) is 0 Å². The van der Waals surface area contributed by atoms with E-state index in [1.807, 2.05) is 12.1 Å². The molecule has 2 heterocycles. The Morgan fingerprint density at radius 1 is 1.21 bits per heavy atom. The first-order chi connectivity index (χ1) is 13.6. The van der Waals surface area contributed by atoms with E-state index in [4.69, 9.17) is 4.42 Å². The third kappa shape index (κ3) is 6.55. The molecule has 0 fully saturated rings. The van der Waals surface area contributed by atoms with E-state index in [1.165, 1.54) is 10.4 Å². The molecule has 8 heteroatoms. The zero-order chi connectivity index (χ0) is 19.9. The molecule has 0 saturated carbocycles. The zero-order valence-corrected chi connectivity index (χ0v) is 20.3. The molecule has 0 aliphatic heterocycles. The molecule has 156 valence electrons. The zero-order valence-electron chi connectivity index (χ0n) is 17.2. The number of nitrogens with zero attached hydrogens (tertiary/aromatic N) is 3. The minimum atomic E-state index is 0. The number of aromatic nitrogens is 1. The molecule has 2 aromatic heterocycles. The lowest BCUT2D eigenvalue weighted by Crippen LogP contribution is -2.41. The highest BCUT2D eigenvalue weighted by molar-refractivity contribution is 14.0. The molecule has 1 aromatic carbocycles. The van der Waals surface area contributed by atoms with E-state index < -0.39 is 0 Å². The molecule has 0 aliphatic rings. The first kappa shape index (κ1) is 23.4. The van der Waals surface area contributed by atoms with Crippen molar-refractivity contribution in [3.05, 3.63) is 64.2 Å². The van der Waals surface area contributed by atoms with Gasteiger partial charge >= 0.3 is 0 Å². The summed E-state index contributed by atoms with van der Waals surface area (Å²) in [5.74, 6) is 1.37. The fourth-order valence-corrected chi connectivity index (χ4v) is 3.75. The van der Waals surface area contributed by atoms with Gasteiger partial charge < -0.3 is 20.0 Å². The van der Waals surface area contributed by atoms with Crippen LogP contribution in [0.4, 0.5) is 0 Å². The summed E-state index contributed by atoms with van der Waals surface area (Å²) in [7, 11) is 5.94. The van der Waals surface area contributed by atoms with Crippen molar-refractivity contribution in [1.82, 2.24) is 20.5 Å². The maximum atomic E-state index is 5.62. The summed E-state index contributed by atoms with van der Waals surface area (Å²) >= 11 is 1.77. The van der Waals surface area contributed by atoms with Crippen LogP contribution in [0.5, 0.6) is 0 Å². The summed E-state index contributed by atoms with van der Waals surface area (Å²) in [4.78, 5) is 12.4. The number of halogens is 1. The standard InChI is InChI=1S/C21H27N5OS.HI/c1-15-7-9-16(10-8-15)20-25-17(14-27-20)12-23-21(22-2)24-13-18(26(3)4)19-6-5-11-28-19;/h5-11,14,18H,12-13H2,1-4H3,(H2,22,23,24);1H. The smallest absolute Gasteiger partial charge is 0.226 e. The Labute approximate surface area is 193 Å². The lowest BCUT2D eigenvalue weighted by atomic mass is 10.1. The highest BCUT2D eigenvalue weighted by Crippen LogP contribution is 2.22. The van der Waals surface area contributed by atoms with Crippen molar-refractivity contribution in [2.75, 3.05) is 27.7 Å². The Balaban J connectivity index is 0.00000300. The molecule has 0 radical (unpaired) electrons. The molecular formula is C21H28IN5OS. The molecular weight excluding hydrogens is 497 g/mol. The van der Waals surface area contributed by atoms with Crippen molar-refractivity contribution in [2.24, 2.45) is 4.99 Å². The summed E-state index contributed by atoms with van der Waals surface area (Å²) < 4.78 is 5.62. The highest BCUT2D eigenvalue weighted by Gasteiger charge is 2.15.